The van der Waals surface area contributed by atoms with E-state index in [1.165, 1.54) is 0 Å². The van der Waals surface area contributed by atoms with Gasteiger partial charge in [0.1, 0.15) is 10.0 Å². The summed E-state index contributed by atoms with van der Waals surface area (Å²) in [6.45, 7) is 3.67. The number of carbonyl (C=O) groups is 1. The second-order valence-electron chi connectivity index (χ2n) is 4.58. The smallest absolute Gasteiger partial charge is 0.239 e. The zero-order valence-electron chi connectivity index (χ0n) is 10.5. The van der Waals surface area contributed by atoms with E-state index < -0.39 is 0 Å². The number of carbonyl (C=O) groups excluding carboxylic acids is 1. The molecule has 1 saturated heterocycles. The Morgan fingerprint density at radius 1 is 1.53 bits per heavy atom. The van der Waals surface area contributed by atoms with Crippen molar-refractivity contribution in [1.82, 2.24) is 20.0 Å². The lowest BCUT2D eigenvalue weighted by atomic mass is 10.2. The van der Waals surface area contributed by atoms with Crippen LogP contribution in [0.5, 0.6) is 0 Å². The van der Waals surface area contributed by atoms with E-state index in [9.17, 15) is 4.79 Å². The first-order chi connectivity index (χ1) is 8.08. The lowest BCUT2D eigenvalue weighted by Gasteiger charge is -2.24. The average Bonchev–Trinajstić information content (AvgIpc) is 2.87. The number of rotatable bonds is 3. The highest BCUT2D eigenvalue weighted by molar-refractivity contribution is 7.11. The molecular formula is C11H18N4OS. The highest BCUT2D eigenvalue weighted by Crippen LogP contribution is 2.22. The number of likely N-dealkylation sites (tertiary alicyclic amines) is 1. The molecule has 0 saturated carbocycles. The maximum absolute atomic E-state index is 12.0. The fourth-order valence-electron chi connectivity index (χ4n) is 2.17. The molecule has 0 bridgehead atoms. The van der Waals surface area contributed by atoms with E-state index in [2.05, 4.69) is 15.1 Å². The summed E-state index contributed by atoms with van der Waals surface area (Å²) in [7, 11) is 3.63. The van der Waals surface area contributed by atoms with E-state index in [1.807, 2.05) is 21.0 Å². The Balaban J connectivity index is 2.02. The molecule has 1 aliphatic heterocycles. The van der Waals surface area contributed by atoms with Gasteiger partial charge in [0.15, 0.2) is 0 Å². The molecule has 0 N–H and O–H groups in total. The van der Waals surface area contributed by atoms with Gasteiger partial charge < -0.3 is 4.90 Å². The van der Waals surface area contributed by atoms with Crippen molar-refractivity contribution in [2.75, 3.05) is 20.6 Å². The molecule has 17 heavy (non-hydrogen) atoms. The van der Waals surface area contributed by atoms with Crippen molar-refractivity contribution in [1.29, 1.82) is 0 Å². The molecule has 0 spiro atoms. The molecule has 6 heteroatoms. The predicted molar refractivity (Wildman–Crippen MR) is 66.8 cm³/mol. The summed E-state index contributed by atoms with van der Waals surface area (Å²) in [5, 5.41) is 10.1. The zero-order valence-corrected chi connectivity index (χ0v) is 11.3. The number of likely N-dealkylation sites (N-methyl/N-ethyl adjacent to an activating group) is 1. The highest BCUT2D eigenvalue weighted by Gasteiger charge is 2.32. The lowest BCUT2D eigenvalue weighted by Crippen LogP contribution is -2.42. The first-order valence-electron chi connectivity index (χ1n) is 5.82. The molecule has 1 fully saturated rings. The number of aryl methyl sites for hydroxylation is 1. The summed E-state index contributed by atoms with van der Waals surface area (Å²) in [5.74, 6) is 0.198. The Hall–Kier alpha value is -1.01. The van der Waals surface area contributed by atoms with Crippen LogP contribution in [-0.4, -0.2) is 52.6 Å². The molecule has 0 unspecified atom stereocenters. The Kier molecular flexibility index (Phi) is 3.73. The van der Waals surface area contributed by atoms with Crippen molar-refractivity contribution in [2.45, 2.75) is 32.4 Å². The molecule has 2 heterocycles. The van der Waals surface area contributed by atoms with Crippen LogP contribution in [0.4, 0.5) is 0 Å². The quantitative estimate of drug-likeness (QED) is 0.804. The topological polar surface area (TPSA) is 49.3 Å². The van der Waals surface area contributed by atoms with Crippen LogP contribution in [0.25, 0.3) is 0 Å². The van der Waals surface area contributed by atoms with Crippen molar-refractivity contribution in [3.63, 3.8) is 0 Å². The molecule has 5 nitrogen and oxygen atoms in total. The number of aromatic nitrogens is 2. The molecule has 94 valence electrons. The van der Waals surface area contributed by atoms with Gasteiger partial charge in [-0.05, 0) is 26.3 Å². The van der Waals surface area contributed by atoms with Crippen LogP contribution in [0.15, 0.2) is 0 Å². The molecule has 2 rings (SSSR count). The van der Waals surface area contributed by atoms with Gasteiger partial charge in [-0.1, -0.05) is 0 Å². The largest absolute Gasteiger partial charge is 0.347 e. The van der Waals surface area contributed by atoms with E-state index in [4.69, 9.17) is 0 Å². The molecule has 0 aliphatic carbocycles. The molecule has 1 aliphatic rings. The minimum absolute atomic E-state index is 0.0224. The third kappa shape index (κ3) is 2.81. The fourth-order valence-corrected chi connectivity index (χ4v) is 2.90. The fraction of sp³-hybridized carbons (Fsp3) is 0.727. The van der Waals surface area contributed by atoms with E-state index in [0.29, 0.717) is 0 Å². The minimum Gasteiger partial charge on any atom is -0.347 e. The summed E-state index contributed by atoms with van der Waals surface area (Å²) in [6.07, 6.45) is 2.04. The van der Waals surface area contributed by atoms with Crippen LogP contribution < -0.4 is 0 Å². The van der Waals surface area contributed by atoms with E-state index in [-0.39, 0.29) is 11.9 Å². The van der Waals surface area contributed by atoms with Crippen LogP contribution >= 0.6 is 11.3 Å². The summed E-state index contributed by atoms with van der Waals surface area (Å²) in [5.41, 5.74) is 0. The molecule has 0 radical (unpaired) electrons. The van der Waals surface area contributed by atoms with Crippen LogP contribution in [0.1, 0.15) is 22.9 Å². The van der Waals surface area contributed by atoms with Crippen molar-refractivity contribution in [2.24, 2.45) is 0 Å². The zero-order chi connectivity index (χ0) is 12.4. The predicted octanol–water partition coefficient (Wildman–Crippen LogP) is 0.899. The monoisotopic (exact) mass is 254 g/mol. The van der Waals surface area contributed by atoms with Gasteiger partial charge in [0.05, 0.1) is 12.6 Å². The normalized spacial score (nSPS) is 20.8. The molecule has 1 aromatic heterocycles. The van der Waals surface area contributed by atoms with E-state index >= 15 is 0 Å². The van der Waals surface area contributed by atoms with Crippen molar-refractivity contribution in [3.05, 3.63) is 10.0 Å². The van der Waals surface area contributed by atoms with Crippen molar-refractivity contribution in [3.8, 4) is 0 Å². The second kappa shape index (κ2) is 5.10. The van der Waals surface area contributed by atoms with Gasteiger partial charge in [-0.2, -0.15) is 0 Å². The van der Waals surface area contributed by atoms with Crippen molar-refractivity contribution >= 4 is 17.2 Å². The standard InChI is InChI=1S/C11H18N4OS/c1-8-12-13-10(17-8)7-15-6-4-5-9(15)11(16)14(2)3/h9H,4-7H2,1-3H3/t9-/m0/s1. The Morgan fingerprint density at radius 3 is 2.88 bits per heavy atom. The van der Waals surface area contributed by atoms with Crippen LogP contribution in [0, 0.1) is 6.92 Å². The van der Waals surface area contributed by atoms with Gasteiger partial charge in [-0.25, -0.2) is 0 Å². The minimum atomic E-state index is 0.0224. The van der Waals surface area contributed by atoms with Gasteiger partial charge >= 0.3 is 0 Å². The number of hydrogen-bond donors (Lipinski definition) is 0. The maximum atomic E-state index is 12.0. The van der Waals surface area contributed by atoms with Crippen LogP contribution in [0.3, 0.4) is 0 Å². The summed E-state index contributed by atoms with van der Waals surface area (Å²) in [6, 6.07) is 0.0224. The Morgan fingerprint density at radius 2 is 2.29 bits per heavy atom. The van der Waals surface area contributed by atoms with Gasteiger partial charge in [0.2, 0.25) is 5.91 Å². The second-order valence-corrected chi connectivity index (χ2v) is 5.84. The third-order valence-electron chi connectivity index (χ3n) is 3.00. The van der Waals surface area contributed by atoms with Crippen LogP contribution in [-0.2, 0) is 11.3 Å². The summed E-state index contributed by atoms with van der Waals surface area (Å²) >= 11 is 1.61. The Bertz CT molecular complexity index is 404. The van der Waals surface area contributed by atoms with Gasteiger partial charge in [-0.3, -0.25) is 9.69 Å². The van der Waals surface area contributed by atoms with E-state index in [0.717, 1.165) is 35.9 Å². The first-order valence-corrected chi connectivity index (χ1v) is 6.64. The number of amides is 1. The highest BCUT2D eigenvalue weighted by atomic mass is 32.1. The SMILES string of the molecule is Cc1nnc(CN2CCC[C@H]2C(=O)N(C)C)s1. The third-order valence-corrected chi connectivity index (χ3v) is 3.82. The molecule has 1 amide bonds. The lowest BCUT2D eigenvalue weighted by molar-refractivity contribution is -0.133. The summed E-state index contributed by atoms with van der Waals surface area (Å²) < 4.78 is 0. The molecule has 1 aromatic rings. The summed E-state index contributed by atoms with van der Waals surface area (Å²) in [4.78, 5) is 15.9. The average molecular weight is 254 g/mol. The van der Waals surface area contributed by atoms with E-state index in [1.54, 1.807) is 16.2 Å². The van der Waals surface area contributed by atoms with Crippen molar-refractivity contribution < 1.29 is 4.79 Å². The van der Waals surface area contributed by atoms with Gasteiger partial charge in [-0.15, -0.1) is 21.5 Å². The molecule has 1 atom stereocenters. The maximum Gasteiger partial charge on any atom is 0.239 e. The number of nitrogens with zero attached hydrogens (tertiary/aromatic N) is 4. The Labute approximate surface area is 105 Å². The van der Waals surface area contributed by atoms with Crippen LogP contribution in [0.2, 0.25) is 0 Å². The first kappa shape index (κ1) is 12.4. The van der Waals surface area contributed by atoms with Gasteiger partial charge in [0, 0.05) is 14.1 Å². The number of hydrogen-bond acceptors (Lipinski definition) is 5. The van der Waals surface area contributed by atoms with Gasteiger partial charge in [0.25, 0.3) is 0 Å². The molecule has 0 aromatic carbocycles. The molecular weight excluding hydrogens is 236 g/mol.